The number of benzene rings is 8. The Morgan fingerprint density at radius 2 is 1.00 bits per heavy atom. The van der Waals surface area contributed by atoms with Crippen LogP contribution in [0.2, 0.25) is 0 Å². The zero-order chi connectivity index (χ0) is 26.9. The minimum atomic E-state index is 0.921. The van der Waals surface area contributed by atoms with Crippen LogP contribution in [0.5, 0.6) is 0 Å². The Morgan fingerprint density at radius 3 is 1.80 bits per heavy atom. The van der Waals surface area contributed by atoms with Gasteiger partial charge in [-0.05, 0) is 78.2 Å². The van der Waals surface area contributed by atoms with Gasteiger partial charge in [0.25, 0.3) is 0 Å². The van der Waals surface area contributed by atoms with Crippen LogP contribution < -0.4 is 0 Å². The van der Waals surface area contributed by atoms with Gasteiger partial charge in [-0.2, -0.15) is 0 Å². The van der Waals surface area contributed by atoms with Gasteiger partial charge in [-0.25, -0.2) is 0 Å². The van der Waals surface area contributed by atoms with Crippen molar-refractivity contribution in [2.45, 2.75) is 0 Å². The zero-order valence-corrected chi connectivity index (χ0v) is 22.3. The van der Waals surface area contributed by atoms with E-state index in [2.05, 4.69) is 146 Å². The topological polar surface area (TPSA) is 13.1 Å². The normalized spacial score (nSPS) is 11.9. The SMILES string of the molecule is c1ccc2c(-c3ccc(-c4cccc5oc6c7ccccc7ccc6c45)cc3)c3ccc4ccccc4c3cc2c1. The average Bonchev–Trinajstić information content (AvgIpc) is 3.43. The molecule has 0 spiro atoms. The Bertz CT molecular complexity index is 2460. The smallest absolute Gasteiger partial charge is 0.143 e. The van der Waals surface area contributed by atoms with Crippen molar-refractivity contribution in [1.29, 1.82) is 0 Å². The lowest BCUT2D eigenvalue weighted by Gasteiger charge is -2.14. The summed E-state index contributed by atoms with van der Waals surface area (Å²) in [4.78, 5) is 0. The van der Waals surface area contributed by atoms with Gasteiger partial charge in [0, 0.05) is 16.2 Å². The molecular formula is C40H24O. The molecule has 0 atom stereocenters. The molecule has 0 saturated carbocycles. The molecule has 0 aliphatic carbocycles. The fraction of sp³-hybridized carbons (Fsp3) is 0. The predicted molar refractivity (Wildman–Crippen MR) is 175 cm³/mol. The van der Waals surface area contributed by atoms with Crippen molar-refractivity contribution in [3.8, 4) is 22.3 Å². The molecule has 9 aromatic rings. The fourth-order valence-electron chi connectivity index (χ4n) is 6.74. The number of hydrogen-bond acceptors (Lipinski definition) is 1. The summed E-state index contributed by atoms with van der Waals surface area (Å²) in [6.07, 6.45) is 0. The number of hydrogen-bond donors (Lipinski definition) is 0. The molecular weight excluding hydrogens is 496 g/mol. The van der Waals surface area contributed by atoms with Gasteiger partial charge < -0.3 is 4.42 Å². The van der Waals surface area contributed by atoms with Crippen LogP contribution >= 0.6 is 0 Å². The Balaban J connectivity index is 1.26. The van der Waals surface area contributed by atoms with Gasteiger partial charge in [0.2, 0.25) is 0 Å². The molecule has 8 aromatic carbocycles. The molecule has 0 N–H and O–H groups in total. The molecule has 1 aromatic heterocycles. The minimum absolute atomic E-state index is 0.921. The van der Waals surface area contributed by atoms with Gasteiger partial charge in [0.05, 0.1) is 0 Å². The monoisotopic (exact) mass is 520 g/mol. The maximum Gasteiger partial charge on any atom is 0.143 e. The maximum absolute atomic E-state index is 6.45. The first kappa shape index (κ1) is 22.4. The molecule has 190 valence electrons. The van der Waals surface area contributed by atoms with Crippen LogP contribution in [-0.4, -0.2) is 0 Å². The molecule has 1 nitrogen and oxygen atoms in total. The van der Waals surface area contributed by atoms with Crippen molar-refractivity contribution in [2.75, 3.05) is 0 Å². The predicted octanol–water partition coefficient (Wildman–Crippen LogP) is 11.5. The molecule has 0 radical (unpaired) electrons. The van der Waals surface area contributed by atoms with Crippen LogP contribution in [0.25, 0.3) is 87.3 Å². The van der Waals surface area contributed by atoms with Gasteiger partial charge in [-0.3, -0.25) is 0 Å². The first-order valence-electron chi connectivity index (χ1n) is 14.1. The highest BCUT2D eigenvalue weighted by Gasteiger charge is 2.16. The van der Waals surface area contributed by atoms with Crippen LogP contribution in [0.3, 0.4) is 0 Å². The molecule has 0 unspecified atom stereocenters. The van der Waals surface area contributed by atoms with E-state index in [0.29, 0.717) is 0 Å². The number of fused-ring (bicyclic) bond motifs is 9. The van der Waals surface area contributed by atoms with E-state index in [1.54, 1.807) is 0 Å². The molecule has 1 heterocycles. The quantitative estimate of drug-likeness (QED) is 0.163. The first-order chi connectivity index (χ1) is 20.3. The van der Waals surface area contributed by atoms with E-state index >= 15 is 0 Å². The number of rotatable bonds is 2. The summed E-state index contributed by atoms with van der Waals surface area (Å²) in [6, 6.07) is 52.6. The Kier molecular flexibility index (Phi) is 4.67. The van der Waals surface area contributed by atoms with Gasteiger partial charge in [0.15, 0.2) is 0 Å². The lowest BCUT2D eigenvalue weighted by atomic mass is 9.89. The summed E-state index contributed by atoms with van der Waals surface area (Å²) in [5.74, 6) is 0. The van der Waals surface area contributed by atoms with Gasteiger partial charge in [-0.15, -0.1) is 0 Å². The second-order valence-corrected chi connectivity index (χ2v) is 10.9. The lowest BCUT2D eigenvalue weighted by Crippen LogP contribution is -1.87. The van der Waals surface area contributed by atoms with Crippen molar-refractivity contribution in [3.63, 3.8) is 0 Å². The fourth-order valence-corrected chi connectivity index (χ4v) is 6.74. The third-order valence-electron chi connectivity index (χ3n) is 8.64. The number of furan rings is 1. The van der Waals surface area contributed by atoms with E-state index in [-0.39, 0.29) is 0 Å². The second-order valence-electron chi connectivity index (χ2n) is 10.9. The molecule has 0 aliphatic rings. The molecule has 41 heavy (non-hydrogen) atoms. The molecule has 0 fully saturated rings. The minimum Gasteiger partial charge on any atom is -0.455 e. The van der Waals surface area contributed by atoms with Crippen molar-refractivity contribution < 1.29 is 4.42 Å². The molecule has 1 heteroatoms. The molecule has 0 aliphatic heterocycles. The standard InChI is InChI=1S/C40H24O/c1-4-11-30-25(8-1)20-22-34-36(30)24-29-10-3-5-12-32(29)38(34)28-18-16-27(17-19-28)31-14-7-15-37-39(31)35-23-21-26-9-2-6-13-33(26)40(35)41-37/h1-24H. The molecule has 0 saturated heterocycles. The summed E-state index contributed by atoms with van der Waals surface area (Å²) in [7, 11) is 0. The summed E-state index contributed by atoms with van der Waals surface area (Å²) in [5.41, 5.74) is 6.76. The van der Waals surface area contributed by atoms with Crippen LogP contribution in [0.4, 0.5) is 0 Å². The lowest BCUT2D eigenvalue weighted by molar-refractivity contribution is 0.673. The van der Waals surface area contributed by atoms with E-state index in [1.807, 2.05) is 0 Å². The van der Waals surface area contributed by atoms with Crippen molar-refractivity contribution in [3.05, 3.63) is 146 Å². The van der Waals surface area contributed by atoms with Crippen LogP contribution in [-0.2, 0) is 0 Å². The Morgan fingerprint density at radius 1 is 0.366 bits per heavy atom. The van der Waals surface area contributed by atoms with Gasteiger partial charge in [-0.1, -0.05) is 127 Å². The third-order valence-corrected chi connectivity index (χ3v) is 8.64. The summed E-state index contributed by atoms with van der Waals surface area (Å²) in [6.45, 7) is 0. The third kappa shape index (κ3) is 3.30. The van der Waals surface area contributed by atoms with Gasteiger partial charge in [0.1, 0.15) is 11.2 Å². The van der Waals surface area contributed by atoms with E-state index in [0.717, 1.165) is 21.9 Å². The zero-order valence-electron chi connectivity index (χ0n) is 22.3. The molecule has 0 bridgehead atoms. The van der Waals surface area contributed by atoms with Crippen LogP contribution in [0.15, 0.2) is 150 Å². The van der Waals surface area contributed by atoms with E-state index < -0.39 is 0 Å². The maximum atomic E-state index is 6.45. The summed E-state index contributed by atoms with van der Waals surface area (Å²) >= 11 is 0. The van der Waals surface area contributed by atoms with Crippen molar-refractivity contribution in [2.24, 2.45) is 0 Å². The summed E-state index contributed by atoms with van der Waals surface area (Å²) in [5, 5.41) is 12.3. The largest absolute Gasteiger partial charge is 0.455 e. The Hall–Kier alpha value is -5.40. The average molecular weight is 521 g/mol. The molecule has 0 amide bonds. The van der Waals surface area contributed by atoms with Crippen molar-refractivity contribution in [1.82, 2.24) is 0 Å². The highest BCUT2D eigenvalue weighted by atomic mass is 16.3. The highest BCUT2D eigenvalue weighted by molar-refractivity contribution is 6.21. The van der Waals surface area contributed by atoms with E-state index in [4.69, 9.17) is 4.42 Å². The van der Waals surface area contributed by atoms with Crippen LogP contribution in [0, 0.1) is 0 Å². The highest BCUT2D eigenvalue weighted by Crippen LogP contribution is 2.42. The Labute approximate surface area is 236 Å². The van der Waals surface area contributed by atoms with E-state index in [1.165, 1.54) is 65.3 Å². The van der Waals surface area contributed by atoms with Crippen LogP contribution in [0.1, 0.15) is 0 Å². The van der Waals surface area contributed by atoms with Gasteiger partial charge >= 0.3 is 0 Å². The second kappa shape index (κ2) is 8.55. The van der Waals surface area contributed by atoms with E-state index in [9.17, 15) is 0 Å². The first-order valence-corrected chi connectivity index (χ1v) is 14.1. The molecule has 9 rings (SSSR count). The van der Waals surface area contributed by atoms with Crippen molar-refractivity contribution >= 4 is 65.0 Å². The summed E-state index contributed by atoms with van der Waals surface area (Å²) < 4.78 is 6.45.